The largest absolute Gasteiger partial charge is 0.494 e. The highest BCUT2D eigenvalue weighted by Crippen LogP contribution is 2.37. The van der Waals surface area contributed by atoms with Crippen LogP contribution in [0.1, 0.15) is 104 Å². The number of allylic oxidation sites excluding steroid dienone is 1. The van der Waals surface area contributed by atoms with E-state index in [1.54, 1.807) is 18.9 Å². The normalized spacial score (nSPS) is 19.1. The maximum Gasteiger partial charge on any atom is 0.340 e. The van der Waals surface area contributed by atoms with Gasteiger partial charge in [0.1, 0.15) is 17.5 Å². The zero-order valence-electron chi connectivity index (χ0n) is 34.6. The third-order valence-electron chi connectivity index (χ3n) is 10.3. The molecule has 56 heavy (non-hydrogen) atoms. The Balaban J connectivity index is 0.000000305. The number of nitrogens with one attached hydrogen (secondary N) is 2. The van der Waals surface area contributed by atoms with Gasteiger partial charge in [0, 0.05) is 58.7 Å². The molecule has 0 spiro atoms. The van der Waals surface area contributed by atoms with E-state index < -0.39 is 0 Å². The summed E-state index contributed by atoms with van der Waals surface area (Å²) < 4.78 is 16.6. The number of hydrogen-bond donors (Lipinski definition) is 4. The second-order valence-corrected chi connectivity index (χ2v) is 16.5. The number of methoxy groups -OCH3 is 2. The van der Waals surface area contributed by atoms with E-state index in [2.05, 4.69) is 56.1 Å². The SMILES string of the molecule is CCC=O.CCc1c(C)c2cc3[nH]c(cc4nc(c(C)c5nc(cc1[nH]2)C(C)=C5C(=O)OC)CC4C)c(C)c3OC.CSCCCSC1CC(O)CC(CO)O1. The third kappa shape index (κ3) is 10.7. The molecule has 0 amide bonds. The predicted molar refractivity (Wildman–Crippen MR) is 231 cm³/mol. The van der Waals surface area contributed by atoms with Gasteiger partial charge >= 0.3 is 5.97 Å². The molecule has 0 aliphatic carbocycles. The van der Waals surface area contributed by atoms with Crippen molar-refractivity contribution in [2.75, 3.05) is 38.6 Å². The van der Waals surface area contributed by atoms with Crippen LogP contribution in [0.25, 0.3) is 33.2 Å². The molecule has 3 aromatic heterocycles. The Kier molecular flexibility index (Phi) is 17.1. The molecule has 3 aromatic rings. The molecule has 3 aliphatic heterocycles. The van der Waals surface area contributed by atoms with Crippen LogP contribution in [0.3, 0.4) is 0 Å². The van der Waals surface area contributed by atoms with Crippen LogP contribution in [-0.2, 0) is 31.9 Å². The van der Waals surface area contributed by atoms with Gasteiger partial charge in [0.05, 0.1) is 55.5 Å². The summed E-state index contributed by atoms with van der Waals surface area (Å²) in [6.07, 6.45) is 7.20. The standard InChI is InChI=1S/C30H34N4O3.C10H20O3S2.C3H6O/c1-9-19-15(3)22-13-26-29(36-7)18(6)24(33-26)11-20-14(2)10-21(31-20)17(5)28-27(30(35)37-8)16(4)23(34-28)12-25(19)32-22;1-14-3-2-4-15-10-6-8(12)5-9(7-11)13-10;1-2-3-4/h11-14,32-33H,9-10H2,1-8H3;8-12H,2-7H2,1H3;3H,2H2,1H3. The number of fused-ring (bicyclic) bond motifs is 8. The highest BCUT2D eigenvalue weighted by molar-refractivity contribution is 8.00. The molecule has 306 valence electrons. The van der Waals surface area contributed by atoms with Crippen molar-refractivity contribution in [3.8, 4) is 5.75 Å². The van der Waals surface area contributed by atoms with Crippen LogP contribution in [0.4, 0.5) is 0 Å². The van der Waals surface area contributed by atoms with Gasteiger partial charge in [0.25, 0.3) is 0 Å². The van der Waals surface area contributed by atoms with Crippen molar-refractivity contribution in [2.24, 2.45) is 0 Å². The van der Waals surface area contributed by atoms with Crippen molar-refractivity contribution in [3.63, 3.8) is 0 Å². The molecule has 0 saturated carbocycles. The van der Waals surface area contributed by atoms with Crippen molar-refractivity contribution in [1.82, 2.24) is 19.9 Å². The highest BCUT2D eigenvalue weighted by Gasteiger charge is 2.29. The van der Waals surface area contributed by atoms with Gasteiger partial charge in [0.15, 0.2) is 0 Å². The summed E-state index contributed by atoms with van der Waals surface area (Å²) in [4.78, 5) is 39.2. The Morgan fingerprint density at radius 3 is 2.30 bits per heavy atom. The smallest absolute Gasteiger partial charge is 0.340 e. The summed E-state index contributed by atoms with van der Waals surface area (Å²) in [6.45, 7) is 14.3. The van der Waals surface area contributed by atoms with E-state index in [1.165, 1.54) is 30.4 Å². The van der Waals surface area contributed by atoms with E-state index in [0.717, 1.165) is 86.5 Å². The number of carbonyl (C=O) groups excluding carboxylic acids is 2. The molecule has 11 nitrogen and oxygen atoms in total. The Labute approximate surface area is 339 Å². The number of hydrogen-bond acceptors (Lipinski definition) is 11. The molecule has 4 N–H and O–H groups in total. The summed E-state index contributed by atoms with van der Waals surface area (Å²) in [6, 6.07) is 6.26. The van der Waals surface area contributed by atoms with Crippen molar-refractivity contribution >= 4 is 69.0 Å². The number of aliphatic hydroxyl groups excluding tert-OH is 2. The molecule has 6 rings (SSSR count). The number of ether oxygens (including phenoxy) is 3. The molecule has 4 unspecified atom stereocenters. The minimum absolute atomic E-state index is 0.0128. The second kappa shape index (κ2) is 21.2. The van der Waals surface area contributed by atoms with Crippen LogP contribution < -0.4 is 4.74 Å². The fraction of sp³-hybridized carbons (Fsp3) is 0.535. The lowest BCUT2D eigenvalue weighted by molar-refractivity contribution is -0.133. The zero-order valence-corrected chi connectivity index (χ0v) is 36.3. The van der Waals surface area contributed by atoms with E-state index in [1.807, 2.05) is 38.6 Å². The molecular weight excluding hydrogens is 749 g/mol. The maximum atomic E-state index is 12.9. The summed E-state index contributed by atoms with van der Waals surface area (Å²) in [5.74, 6) is 2.91. The fourth-order valence-electron chi connectivity index (χ4n) is 7.13. The van der Waals surface area contributed by atoms with Gasteiger partial charge in [-0.25, -0.2) is 9.78 Å². The number of carbonyl (C=O) groups is 2. The fourth-order valence-corrected chi connectivity index (χ4v) is 8.92. The molecule has 13 heteroatoms. The summed E-state index contributed by atoms with van der Waals surface area (Å²) in [7, 11) is 3.12. The highest BCUT2D eigenvalue weighted by atomic mass is 32.2. The van der Waals surface area contributed by atoms with Gasteiger partial charge in [-0.1, -0.05) is 20.8 Å². The van der Waals surface area contributed by atoms with Gasteiger partial charge in [-0.2, -0.15) is 11.8 Å². The monoisotopic (exact) mass is 808 g/mol. The molecule has 1 fully saturated rings. The lowest BCUT2D eigenvalue weighted by Gasteiger charge is -2.31. The topological polar surface area (TPSA) is 160 Å². The number of H-pyrrole nitrogens is 2. The third-order valence-corrected chi connectivity index (χ3v) is 12.2. The van der Waals surface area contributed by atoms with Crippen LogP contribution in [0.2, 0.25) is 0 Å². The average Bonchev–Trinajstić information content (AvgIpc) is 3.90. The summed E-state index contributed by atoms with van der Waals surface area (Å²) >= 11 is 3.60. The Morgan fingerprint density at radius 1 is 0.982 bits per heavy atom. The first-order valence-corrected chi connectivity index (χ1v) is 21.8. The summed E-state index contributed by atoms with van der Waals surface area (Å²) in [5, 5.41) is 18.6. The quantitative estimate of drug-likeness (QED) is 0.0889. The molecular formula is C43H60N4O7S2. The van der Waals surface area contributed by atoms with E-state index >= 15 is 0 Å². The van der Waals surface area contributed by atoms with Crippen molar-refractivity contribution in [1.29, 1.82) is 0 Å². The Bertz CT molecular complexity index is 2040. The van der Waals surface area contributed by atoms with Gasteiger partial charge in [0.2, 0.25) is 0 Å². The number of aromatic nitrogens is 4. The average molecular weight is 809 g/mol. The van der Waals surface area contributed by atoms with Gasteiger partial charge in [-0.15, -0.1) is 11.8 Å². The van der Waals surface area contributed by atoms with Crippen LogP contribution in [0.5, 0.6) is 5.75 Å². The van der Waals surface area contributed by atoms with E-state index in [0.29, 0.717) is 30.5 Å². The number of aliphatic hydroxyl groups is 2. The second-order valence-electron chi connectivity index (χ2n) is 14.3. The van der Waals surface area contributed by atoms with Crippen LogP contribution >= 0.6 is 23.5 Å². The number of rotatable bonds is 10. The number of aryl methyl sites for hydroxylation is 3. The molecule has 0 radical (unpaired) electrons. The minimum atomic E-state index is -0.381. The van der Waals surface area contributed by atoms with Crippen molar-refractivity contribution in [3.05, 3.63) is 63.2 Å². The molecule has 6 heterocycles. The zero-order chi connectivity index (χ0) is 41.1. The van der Waals surface area contributed by atoms with Crippen molar-refractivity contribution in [2.45, 2.75) is 111 Å². The lowest BCUT2D eigenvalue weighted by Crippen LogP contribution is -2.36. The van der Waals surface area contributed by atoms with Gasteiger partial charge < -0.3 is 39.2 Å². The molecule has 0 aromatic carbocycles. The Morgan fingerprint density at radius 2 is 1.68 bits per heavy atom. The number of nitrogens with zero attached hydrogens (tertiary/aromatic N) is 2. The van der Waals surface area contributed by atoms with E-state index in [9.17, 15) is 14.7 Å². The first-order chi connectivity index (χ1) is 26.8. The number of aldehydes is 1. The number of thioether (sulfide) groups is 2. The maximum absolute atomic E-state index is 12.9. The molecule has 4 atom stereocenters. The van der Waals surface area contributed by atoms with Crippen molar-refractivity contribution < 1.29 is 34.0 Å². The van der Waals surface area contributed by atoms with Gasteiger partial charge in [-0.05, 0) is 105 Å². The minimum Gasteiger partial charge on any atom is -0.494 e. The summed E-state index contributed by atoms with van der Waals surface area (Å²) in [5.41, 5.74) is 12.9. The molecule has 3 aliphatic rings. The lowest BCUT2D eigenvalue weighted by atomic mass is 9.99. The van der Waals surface area contributed by atoms with E-state index in [-0.39, 0.29) is 36.1 Å². The molecule has 1 saturated heterocycles. The van der Waals surface area contributed by atoms with E-state index in [4.69, 9.17) is 29.3 Å². The Hall–Kier alpha value is -3.62. The number of aromatic amines is 2. The number of esters is 1. The van der Waals surface area contributed by atoms with Crippen LogP contribution in [0, 0.1) is 20.8 Å². The first kappa shape index (κ1) is 45.1. The van der Waals surface area contributed by atoms with Crippen LogP contribution in [-0.4, -0.2) is 98.6 Å². The first-order valence-electron chi connectivity index (χ1n) is 19.4. The molecule has 8 bridgehead atoms. The van der Waals surface area contributed by atoms with Crippen LogP contribution in [0.15, 0.2) is 18.2 Å². The van der Waals surface area contributed by atoms with Gasteiger partial charge in [-0.3, -0.25) is 4.98 Å². The predicted octanol–water partition coefficient (Wildman–Crippen LogP) is 8.19.